The fourth-order valence-electron chi connectivity index (χ4n) is 3.54. The van der Waals surface area contributed by atoms with Crippen molar-refractivity contribution in [3.8, 4) is 5.75 Å². The minimum Gasteiger partial charge on any atom is -0.493 e. The van der Waals surface area contributed by atoms with Crippen LogP contribution in [0.15, 0.2) is 42.5 Å². The van der Waals surface area contributed by atoms with Gasteiger partial charge >= 0.3 is 0 Å². The Morgan fingerprint density at radius 2 is 1.48 bits per heavy atom. The van der Waals surface area contributed by atoms with Crippen LogP contribution in [-0.4, -0.2) is 29.9 Å². The van der Waals surface area contributed by atoms with Gasteiger partial charge in [-0.25, -0.2) is 0 Å². The number of aryl methyl sites for hydroxylation is 2. The van der Waals surface area contributed by atoms with Crippen LogP contribution >= 0.6 is 0 Å². The molecular weight excluding hydrogens is 338 g/mol. The van der Waals surface area contributed by atoms with Gasteiger partial charge in [-0.2, -0.15) is 0 Å². The van der Waals surface area contributed by atoms with Crippen LogP contribution in [-0.2, 0) is 0 Å². The first-order valence-corrected chi connectivity index (χ1v) is 9.63. The number of carbonyl (C=O) groups is 2. The standard InChI is InChI=1S/C23H27NO3/c1-16(15-27-21-17(2)10-8-11-18(21)3)9-6-7-14-24-22(25)19-12-4-5-13-20(19)23(24)26/h4-5,8,10-13,16H,6-7,9,14-15H2,1-3H3. The average molecular weight is 365 g/mol. The number of benzene rings is 2. The first kappa shape index (κ1) is 19.2. The molecule has 0 aliphatic carbocycles. The molecule has 0 aromatic heterocycles. The van der Waals surface area contributed by atoms with E-state index in [1.165, 1.54) is 4.90 Å². The Bertz CT molecular complexity index is 788. The Kier molecular flexibility index (Phi) is 5.94. The molecule has 0 saturated carbocycles. The molecule has 0 radical (unpaired) electrons. The second-order valence-electron chi connectivity index (χ2n) is 7.44. The van der Waals surface area contributed by atoms with E-state index in [1.807, 2.05) is 6.07 Å². The van der Waals surface area contributed by atoms with Gasteiger partial charge in [0, 0.05) is 6.54 Å². The Hall–Kier alpha value is -2.62. The molecule has 0 N–H and O–H groups in total. The Labute approximate surface area is 161 Å². The highest BCUT2D eigenvalue weighted by Gasteiger charge is 2.34. The average Bonchev–Trinajstić information content (AvgIpc) is 2.90. The van der Waals surface area contributed by atoms with E-state index < -0.39 is 0 Å². The molecule has 0 saturated heterocycles. The quantitative estimate of drug-likeness (QED) is 0.499. The summed E-state index contributed by atoms with van der Waals surface area (Å²) in [5.74, 6) is 1.07. The molecule has 4 heteroatoms. The summed E-state index contributed by atoms with van der Waals surface area (Å²) in [6, 6.07) is 13.2. The first-order valence-electron chi connectivity index (χ1n) is 9.63. The third-order valence-corrected chi connectivity index (χ3v) is 5.13. The normalized spacial score (nSPS) is 14.4. The van der Waals surface area contributed by atoms with Gasteiger partial charge < -0.3 is 4.74 Å². The molecule has 3 rings (SSSR count). The lowest BCUT2D eigenvalue weighted by atomic mass is 10.0. The third kappa shape index (κ3) is 4.21. The van der Waals surface area contributed by atoms with Crippen LogP contribution in [0.1, 0.15) is 58.0 Å². The molecule has 0 spiro atoms. The van der Waals surface area contributed by atoms with Gasteiger partial charge in [0.25, 0.3) is 11.8 Å². The number of rotatable bonds is 8. The Morgan fingerprint density at radius 1 is 0.889 bits per heavy atom. The first-order chi connectivity index (χ1) is 13.0. The van der Waals surface area contributed by atoms with Crippen molar-refractivity contribution in [2.75, 3.05) is 13.2 Å². The molecule has 1 atom stereocenters. The van der Waals surface area contributed by atoms with E-state index in [9.17, 15) is 9.59 Å². The van der Waals surface area contributed by atoms with Crippen LogP contribution in [0.3, 0.4) is 0 Å². The van der Waals surface area contributed by atoms with Crippen LogP contribution in [0.25, 0.3) is 0 Å². The maximum absolute atomic E-state index is 12.3. The summed E-state index contributed by atoms with van der Waals surface area (Å²) in [6.45, 7) is 7.47. The van der Waals surface area contributed by atoms with Crippen LogP contribution in [0.5, 0.6) is 5.75 Å². The topological polar surface area (TPSA) is 46.6 Å². The summed E-state index contributed by atoms with van der Waals surface area (Å²) < 4.78 is 6.02. The maximum Gasteiger partial charge on any atom is 0.261 e. The number of hydrogen-bond donors (Lipinski definition) is 0. The maximum atomic E-state index is 12.3. The largest absolute Gasteiger partial charge is 0.493 e. The minimum atomic E-state index is -0.165. The SMILES string of the molecule is Cc1cccc(C)c1OCC(C)CCCCN1C(=O)c2ccccc2C1=O. The number of para-hydroxylation sites is 1. The highest BCUT2D eigenvalue weighted by molar-refractivity contribution is 6.21. The number of hydrogen-bond acceptors (Lipinski definition) is 3. The lowest BCUT2D eigenvalue weighted by molar-refractivity contribution is 0.0650. The van der Waals surface area contributed by atoms with Crippen molar-refractivity contribution in [1.29, 1.82) is 0 Å². The van der Waals surface area contributed by atoms with Crippen molar-refractivity contribution in [2.45, 2.75) is 40.0 Å². The van der Waals surface area contributed by atoms with Crippen LogP contribution in [0, 0.1) is 19.8 Å². The second kappa shape index (κ2) is 8.38. The Balaban J connectivity index is 1.42. The number of ether oxygens (including phenoxy) is 1. The van der Waals surface area contributed by atoms with E-state index in [4.69, 9.17) is 4.74 Å². The number of carbonyl (C=O) groups excluding carboxylic acids is 2. The monoisotopic (exact) mass is 365 g/mol. The van der Waals surface area contributed by atoms with E-state index >= 15 is 0 Å². The smallest absolute Gasteiger partial charge is 0.261 e. The fourth-order valence-corrected chi connectivity index (χ4v) is 3.54. The van der Waals surface area contributed by atoms with Gasteiger partial charge in [-0.1, -0.05) is 43.7 Å². The van der Waals surface area contributed by atoms with E-state index in [1.54, 1.807) is 24.3 Å². The molecule has 0 bridgehead atoms. The zero-order chi connectivity index (χ0) is 19.4. The summed E-state index contributed by atoms with van der Waals surface area (Å²) in [5, 5.41) is 0. The molecule has 4 nitrogen and oxygen atoms in total. The predicted molar refractivity (Wildman–Crippen MR) is 106 cm³/mol. The highest BCUT2D eigenvalue weighted by atomic mass is 16.5. The molecule has 1 heterocycles. The van der Waals surface area contributed by atoms with Crippen molar-refractivity contribution < 1.29 is 14.3 Å². The van der Waals surface area contributed by atoms with Crippen LogP contribution < -0.4 is 4.74 Å². The molecule has 2 amide bonds. The summed E-state index contributed by atoms with van der Waals surface area (Å²) >= 11 is 0. The highest BCUT2D eigenvalue weighted by Crippen LogP contribution is 2.25. The zero-order valence-corrected chi connectivity index (χ0v) is 16.3. The summed E-state index contributed by atoms with van der Waals surface area (Å²) in [6.07, 6.45) is 2.79. The fraction of sp³-hybridized carbons (Fsp3) is 0.391. The molecule has 1 aliphatic heterocycles. The lowest BCUT2D eigenvalue weighted by Crippen LogP contribution is -2.30. The number of amides is 2. The van der Waals surface area contributed by atoms with Gasteiger partial charge in [0.2, 0.25) is 0 Å². The molecule has 1 unspecified atom stereocenters. The van der Waals surface area contributed by atoms with Crippen LogP contribution in [0.4, 0.5) is 0 Å². The molecule has 27 heavy (non-hydrogen) atoms. The summed E-state index contributed by atoms with van der Waals surface area (Å²) in [4.78, 5) is 26.1. The summed E-state index contributed by atoms with van der Waals surface area (Å²) in [5.41, 5.74) is 3.37. The van der Waals surface area contributed by atoms with Gasteiger partial charge in [0.05, 0.1) is 17.7 Å². The third-order valence-electron chi connectivity index (χ3n) is 5.13. The molecule has 2 aromatic rings. The van der Waals surface area contributed by atoms with Crippen molar-refractivity contribution in [3.05, 3.63) is 64.7 Å². The number of fused-ring (bicyclic) bond motifs is 1. The number of unbranched alkanes of at least 4 members (excludes halogenated alkanes) is 1. The second-order valence-corrected chi connectivity index (χ2v) is 7.44. The molecular formula is C23H27NO3. The van der Waals surface area contributed by atoms with E-state index in [0.717, 1.165) is 36.1 Å². The number of imide groups is 1. The number of nitrogens with zero attached hydrogens (tertiary/aromatic N) is 1. The van der Waals surface area contributed by atoms with Gasteiger partial charge in [-0.3, -0.25) is 14.5 Å². The molecule has 1 aliphatic rings. The molecule has 2 aromatic carbocycles. The van der Waals surface area contributed by atoms with Gasteiger partial charge in [0.1, 0.15) is 5.75 Å². The van der Waals surface area contributed by atoms with E-state index in [-0.39, 0.29) is 11.8 Å². The van der Waals surface area contributed by atoms with Crippen LogP contribution in [0.2, 0.25) is 0 Å². The van der Waals surface area contributed by atoms with Crippen molar-refractivity contribution in [3.63, 3.8) is 0 Å². The minimum absolute atomic E-state index is 0.165. The lowest BCUT2D eigenvalue weighted by Gasteiger charge is -2.17. The predicted octanol–water partition coefficient (Wildman–Crippen LogP) is 4.78. The van der Waals surface area contributed by atoms with Gasteiger partial charge in [-0.05, 0) is 55.9 Å². The van der Waals surface area contributed by atoms with E-state index in [0.29, 0.717) is 30.2 Å². The van der Waals surface area contributed by atoms with Crippen molar-refractivity contribution >= 4 is 11.8 Å². The molecule has 142 valence electrons. The van der Waals surface area contributed by atoms with Gasteiger partial charge in [-0.15, -0.1) is 0 Å². The molecule has 0 fully saturated rings. The van der Waals surface area contributed by atoms with Crippen molar-refractivity contribution in [2.24, 2.45) is 5.92 Å². The van der Waals surface area contributed by atoms with Crippen molar-refractivity contribution in [1.82, 2.24) is 4.90 Å². The Morgan fingerprint density at radius 3 is 2.07 bits per heavy atom. The van der Waals surface area contributed by atoms with Gasteiger partial charge in [0.15, 0.2) is 0 Å². The summed E-state index contributed by atoms with van der Waals surface area (Å²) in [7, 11) is 0. The van der Waals surface area contributed by atoms with E-state index in [2.05, 4.69) is 32.9 Å². The zero-order valence-electron chi connectivity index (χ0n) is 16.3.